The summed E-state index contributed by atoms with van der Waals surface area (Å²) in [6.07, 6.45) is 0.0914. The lowest BCUT2D eigenvalue weighted by Crippen LogP contribution is -2.14. The van der Waals surface area contributed by atoms with E-state index in [9.17, 15) is 13.4 Å². The average molecular weight is 345 g/mol. The highest BCUT2D eigenvalue weighted by molar-refractivity contribution is 7.86. The first-order valence-electron chi connectivity index (χ1n) is 6.06. The number of hydrogen-bond donors (Lipinski definition) is 0. The van der Waals surface area contributed by atoms with Crippen molar-refractivity contribution in [3.8, 4) is 0 Å². The molecule has 0 saturated carbocycles. The standard InChI is InChI=1S/C15H11Cl2FO2S/c16-13-2-1-3-14(17)15(13)21(20)9-12(19)8-10-4-6-11(18)7-5-10/h1-7H,8-9H2. The molecule has 0 spiro atoms. The van der Waals surface area contributed by atoms with Crippen LogP contribution in [0.25, 0.3) is 0 Å². The van der Waals surface area contributed by atoms with Crippen LogP contribution >= 0.6 is 23.2 Å². The van der Waals surface area contributed by atoms with Gasteiger partial charge in [-0.3, -0.25) is 9.00 Å². The van der Waals surface area contributed by atoms with E-state index in [4.69, 9.17) is 23.2 Å². The Bertz CT molecular complexity index is 666. The summed E-state index contributed by atoms with van der Waals surface area (Å²) in [6.45, 7) is 0. The SMILES string of the molecule is O=C(Cc1ccc(F)cc1)CS(=O)c1c(Cl)cccc1Cl. The minimum absolute atomic E-state index is 0.0914. The van der Waals surface area contributed by atoms with Crippen LogP contribution in [0.4, 0.5) is 4.39 Å². The van der Waals surface area contributed by atoms with Crippen molar-refractivity contribution < 1.29 is 13.4 Å². The molecule has 2 nitrogen and oxygen atoms in total. The summed E-state index contributed by atoms with van der Waals surface area (Å²) in [4.78, 5) is 12.2. The highest BCUT2D eigenvalue weighted by Crippen LogP contribution is 2.27. The molecular weight excluding hydrogens is 334 g/mol. The van der Waals surface area contributed by atoms with E-state index in [0.717, 1.165) is 0 Å². The number of halogens is 3. The predicted molar refractivity (Wildman–Crippen MR) is 82.8 cm³/mol. The summed E-state index contributed by atoms with van der Waals surface area (Å²) in [5.74, 6) is -0.769. The summed E-state index contributed by atoms with van der Waals surface area (Å²) in [5, 5.41) is 0.547. The van der Waals surface area contributed by atoms with Crippen LogP contribution in [0.1, 0.15) is 5.56 Å². The molecule has 0 aliphatic heterocycles. The third-order valence-electron chi connectivity index (χ3n) is 2.75. The lowest BCUT2D eigenvalue weighted by Gasteiger charge is -2.06. The molecule has 0 N–H and O–H groups in total. The first-order valence-corrected chi connectivity index (χ1v) is 8.13. The maximum Gasteiger partial charge on any atom is 0.150 e. The lowest BCUT2D eigenvalue weighted by atomic mass is 10.1. The van der Waals surface area contributed by atoms with E-state index >= 15 is 0 Å². The van der Waals surface area contributed by atoms with Crippen molar-refractivity contribution in [2.45, 2.75) is 11.3 Å². The Morgan fingerprint density at radius 1 is 1.05 bits per heavy atom. The highest BCUT2D eigenvalue weighted by Gasteiger charge is 2.16. The number of Topliss-reactive ketones (excluding diaryl/α,β-unsaturated/α-hetero) is 1. The Hall–Kier alpha value is -1.23. The van der Waals surface area contributed by atoms with E-state index in [0.29, 0.717) is 5.56 Å². The number of benzene rings is 2. The van der Waals surface area contributed by atoms with Crippen LogP contribution in [-0.2, 0) is 22.0 Å². The van der Waals surface area contributed by atoms with Gasteiger partial charge in [0.05, 0.1) is 31.5 Å². The van der Waals surface area contributed by atoms with Crippen molar-refractivity contribution in [2.75, 3.05) is 5.75 Å². The number of hydrogen-bond acceptors (Lipinski definition) is 2. The van der Waals surface area contributed by atoms with Gasteiger partial charge in [0.15, 0.2) is 0 Å². The van der Waals surface area contributed by atoms with Crippen LogP contribution in [0.3, 0.4) is 0 Å². The van der Waals surface area contributed by atoms with Crippen LogP contribution in [0.5, 0.6) is 0 Å². The van der Waals surface area contributed by atoms with Gasteiger partial charge in [0.2, 0.25) is 0 Å². The van der Waals surface area contributed by atoms with Crippen LogP contribution in [0.15, 0.2) is 47.4 Å². The number of ketones is 1. The molecule has 0 amide bonds. The van der Waals surface area contributed by atoms with Crippen LogP contribution in [0, 0.1) is 5.82 Å². The van der Waals surface area contributed by atoms with Crippen molar-refractivity contribution in [3.05, 3.63) is 63.9 Å². The molecule has 21 heavy (non-hydrogen) atoms. The third-order valence-corrected chi connectivity index (χ3v) is 5.09. The zero-order valence-electron chi connectivity index (χ0n) is 10.8. The smallest absolute Gasteiger partial charge is 0.150 e. The number of carbonyl (C=O) groups is 1. The molecule has 2 aromatic carbocycles. The largest absolute Gasteiger partial charge is 0.298 e. The Kier molecular flexibility index (Phi) is 5.51. The molecule has 0 aromatic heterocycles. The van der Waals surface area contributed by atoms with Gasteiger partial charge in [-0.2, -0.15) is 0 Å². The molecule has 1 unspecified atom stereocenters. The second-order valence-electron chi connectivity index (χ2n) is 4.38. The summed E-state index contributed by atoms with van der Waals surface area (Å²) < 4.78 is 25.0. The fourth-order valence-corrected chi connectivity index (χ4v) is 3.82. The number of carbonyl (C=O) groups excluding carboxylic acids is 1. The first-order chi connectivity index (χ1) is 9.97. The summed E-state index contributed by atoms with van der Waals surface area (Å²) in [6, 6.07) is 10.4. The van der Waals surface area contributed by atoms with E-state index < -0.39 is 10.8 Å². The maximum atomic E-state index is 12.8. The Morgan fingerprint density at radius 3 is 2.19 bits per heavy atom. The molecule has 0 heterocycles. The number of rotatable bonds is 5. The molecule has 0 radical (unpaired) electrons. The minimum Gasteiger partial charge on any atom is -0.298 e. The fraction of sp³-hybridized carbons (Fsp3) is 0.133. The van der Waals surface area contributed by atoms with E-state index in [-0.39, 0.29) is 38.7 Å². The van der Waals surface area contributed by atoms with Gasteiger partial charge in [-0.15, -0.1) is 0 Å². The van der Waals surface area contributed by atoms with Crippen LogP contribution in [0.2, 0.25) is 10.0 Å². The van der Waals surface area contributed by atoms with E-state index in [1.807, 2.05) is 0 Å². The van der Waals surface area contributed by atoms with Gasteiger partial charge in [0, 0.05) is 6.42 Å². The molecule has 0 saturated heterocycles. The zero-order chi connectivity index (χ0) is 15.4. The molecule has 1 atom stereocenters. The van der Waals surface area contributed by atoms with Gasteiger partial charge >= 0.3 is 0 Å². The van der Waals surface area contributed by atoms with Crippen LogP contribution in [-0.4, -0.2) is 15.7 Å². The molecule has 110 valence electrons. The Balaban J connectivity index is 2.06. The average Bonchev–Trinajstić information content (AvgIpc) is 2.41. The van der Waals surface area contributed by atoms with Gasteiger partial charge in [-0.25, -0.2) is 4.39 Å². The molecule has 6 heteroatoms. The van der Waals surface area contributed by atoms with E-state index in [2.05, 4.69) is 0 Å². The van der Waals surface area contributed by atoms with Crippen molar-refractivity contribution >= 4 is 39.8 Å². The van der Waals surface area contributed by atoms with Gasteiger partial charge in [-0.05, 0) is 29.8 Å². The summed E-state index contributed by atoms with van der Waals surface area (Å²) in [7, 11) is -1.60. The zero-order valence-corrected chi connectivity index (χ0v) is 13.1. The van der Waals surface area contributed by atoms with Crippen molar-refractivity contribution in [3.63, 3.8) is 0 Å². The van der Waals surface area contributed by atoms with Gasteiger partial charge in [0.1, 0.15) is 11.6 Å². The third kappa shape index (κ3) is 4.37. The molecule has 2 aromatic rings. The van der Waals surface area contributed by atoms with Crippen molar-refractivity contribution in [1.29, 1.82) is 0 Å². The first kappa shape index (κ1) is 16.1. The summed E-state index contributed by atoms with van der Waals surface area (Å²) in [5.41, 5.74) is 0.670. The second kappa shape index (κ2) is 7.16. The fourth-order valence-electron chi connectivity index (χ4n) is 1.80. The Labute approximate surface area is 134 Å². The van der Waals surface area contributed by atoms with Crippen molar-refractivity contribution in [2.24, 2.45) is 0 Å². The summed E-state index contributed by atoms with van der Waals surface area (Å²) >= 11 is 11.9. The monoisotopic (exact) mass is 344 g/mol. The minimum atomic E-state index is -1.60. The quantitative estimate of drug-likeness (QED) is 0.819. The second-order valence-corrected chi connectivity index (χ2v) is 6.58. The Morgan fingerprint density at radius 2 is 1.62 bits per heavy atom. The van der Waals surface area contributed by atoms with E-state index in [1.165, 1.54) is 24.3 Å². The molecular formula is C15H11Cl2FO2S. The predicted octanol–water partition coefficient (Wildman–Crippen LogP) is 4.05. The molecule has 0 aliphatic rings. The van der Waals surface area contributed by atoms with E-state index in [1.54, 1.807) is 18.2 Å². The normalized spacial score (nSPS) is 12.1. The van der Waals surface area contributed by atoms with Gasteiger partial charge in [0.25, 0.3) is 0 Å². The molecule has 2 rings (SSSR count). The highest BCUT2D eigenvalue weighted by atomic mass is 35.5. The van der Waals surface area contributed by atoms with Crippen LogP contribution < -0.4 is 0 Å². The molecule has 0 aliphatic carbocycles. The van der Waals surface area contributed by atoms with Crippen molar-refractivity contribution in [1.82, 2.24) is 0 Å². The van der Waals surface area contributed by atoms with Gasteiger partial charge < -0.3 is 0 Å². The molecule has 0 bridgehead atoms. The molecule has 0 fully saturated rings. The topological polar surface area (TPSA) is 34.1 Å². The maximum absolute atomic E-state index is 12.8. The van der Waals surface area contributed by atoms with Gasteiger partial charge in [-0.1, -0.05) is 41.4 Å². The lowest BCUT2D eigenvalue weighted by molar-refractivity contribution is -0.116.